The van der Waals surface area contributed by atoms with Gasteiger partial charge in [-0.2, -0.15) is 0 Å². The first-order valence-corrected chi connectivity index (χ1v) is 8.43. The number of benzene rings is 2. The number of nitro groups is 1. The van der Waals surface area contributed by atoms with Crippen molar-refractivity contribution in [2.45, 2.75) is 19.9 Å². The van der Waals surface area contributed by atoms with Crippen LogP contribution in [0.4, 0.5) is 17.1 Å². The molecular formula is C17H16N4O3S. The Morgan fingerprint density at radius 3 is 2.80 bits per heavy atom. The van der Waals surface area contributed by atoms with Gasteiger partial charge in [-0.3, -0.25) is 14.9 Å². The van der Waals surface area contributed by atoms with Gasteiger partial charge in [0.25, 0.3) is 5.69 Å². The Morgan fingerprint density at radius 2 is 2.04 bits per heavy atom. The number of para-hydroxylation sites is 2. The van der Waals surface area contributed by atoms with Crippen LogP contribution in [-0.2, 0) is 4.79 Å². The van der Waals surface area contributed by atoms with E-state index < -0.39 is 11.0 Å². The smallest absolute Gasteiger partial charge is 0.292 e. The SMILES string of the molecule is Cc1nc2ccc(NC(C)C(=O)Nc3ccccc3[N+](=O)[O-])cc2s1. The number of carbonyl (C=O) groups excluding carboxylic acids is 1. The second kappa shape index (κ2) is 6.86. The number of thiazole rings is 1. The minimum Gasteiger partial charge on any atom is -0.374 e. The molecule has 1 aromatic heterocycles. The molecule has 0 saturated heterocycles. The summed E-state index contributed by atoms with van der Waals surface area (Å²) in [6.45, 7) is 3.65. The topological polar surface area (TPSA) is 97.2 Å². The van der Waals surface area contributed by atoms with Gasteiger partial charge in [-0.1, -0.05) is 12.1 Å². The van der Waals surface area contributed by atoms with Gasteiger partial charge in [0.15, 0.2) is 0 Å². The Hall–Kier alpha value is -3.00. The molecule has 1 amide bonds. The lowest BCUT2D eigenvalue weighted by Gasteiger charge is -2.15. The first-order chi connectivity index (χ1) is 11.9. The molecule has 0 fully saturated rings. The third-order valence-electron chi connectivity index (χ3n) is 3.63. The molecule has 8 heteroatoms. The number of nitro benzene ring substituents is 1. The summed E-state index contributed by atoms with van der Waals surface area (Å²) in [6.07, 6.45) is 0. The molecule has 0 saturated carbocycles. The fraction of sp³-hybridized carbons (Fsp3) is 0.176. The lowest BCUT2D eigenvalue weighted by Crippen LogP contribution is -2.32. The Bertz CT molecular complexity index is 954. The van der Waals surface area contributed by atoms with Crippen molar-refractivity contribution in [3.8, 4) is 0 Å². The van der Waals surface area contributed by atoms with Crippen LogP contribution in [0.15, 0.2) is 42.5 Å². The van der Waals surface area contributed by atoms with E-state index in [9.17, 15) is 14.9 Å². The highest BCUT2D eigenvalue weighted by atomic mass is 32.1. The van der Waals surface area contributed by atoms with E-state index in [0.29, 0.717) is 0 Å². The van der Waals surface area contributed by atoms with E-state index in [2.05, 4.69) is 15.6 Å². The molecule has 3 rings (SSSR count). The highest BCUT2D eigenvalue weighted by Gasteiger charge is 2.18. The number of amides is 1. The maximum Gasteiger partial charge on any atom is 0.292 e. The van der Waals surface area contributed by atoms with E-state index in [1.54, 1.807) is 30.4 Å². The molecule has 0 aliphatic carbocycles. The maximum atomic E-state index is 12.4. The molecule has 1 heterocycles. The number of nitrogens with one attached hydrogen (secondary N) is 2. The molecule has 7 nitrogen and oxygen atoms in total. The monoisotopic (exact) mass is 356 g/mol. The third-order valence-corrected chi connectivity index (χ3v) is 4.56. The summed E-state index contributed by atoms with van der Waals surface area (Å²) in [5.74, 6) is -0.352. The van der Waals surface area contributed by atoms with Crippen LogP contribution in [0.3, 0.4) is 0 Å². The summed E-state index contributed by atoms with van der Waals surface area (Å²) in [7, 11) is 0. The Morgan fingerprint density at radius 1 is 1.28 bits per heavy atom. The zero-order valence-electron chi connectivity index (χ0n) is 13.6. The van der Waals surface area contributed by atoms with E-state index in [1.165, 1.54) is 12.1 Å². The second-order valence-corrected chi connectivity index (χ2v) is 6.78. The molecule has 1 atom stereocenters. The van der Waals surface area contributed by atoms with Gasteiger partial charge < -0.3 is 10.6 Å². The number of fused-ring (bicyclic) bond motifs is 1. The molecule has 0 aliphatic heterocycles. The fourth-order valence-electron chi connectivity index (χ4n) is 2.42. The van der Waals surface area contributed by atoms with Gasteiger partial charge in [0, 0.05) is 11.8 Å². The van der Waals surface area contributed by atoms with Crippen molar-refractivity contribution in [3.63, 3.8) is 0 Å². The number of carbonyl (C=O) groups is 1. The molecule has 1 unspecified atom stereocenters. The van der Waals surface area contributed by atoms with Crippen molar-refractivity contribution in [3.05, 3.63) is 57.6 Å². The van der Waals surface area contributed by atoms with Crippen molar-refractivity contribution in [1.82, 2.24) is 4.98 Å². The average Bonchev–Trinajstić information content (AvgIpc) is 2.94. The predicted molar refractivity (Wildman–Crippen MR) is 99.2 cm³/mol. The Balaban J connectivity index is 1.72. The number of aryl methyl sites for hydroxylation is 1. The number of aromatic nitrogens is 1. The van der Waals surface area contributed by atoms with Gasteiger partial charge in [-0.25, -0.2) is 4.98 Å². The number of hydrogen-bond acceptors (Lipinski definition) is 6. The second-order valence-electron chi connectivity index (χ2n) is 5.54. The van der Waals surface area contributed by atoms with Gasteiger partial charge in [0.2, 0.25) is 5.91 Å². The zero-order valence-corrected chi connectivity index (χ0v) is 14.5. The van der Waals surface area contributed by atoms with Gasteiger partial charge >= 0.3 is 0 Å². The van der Waals surface area contributed by atoms with E-state index >= 15 is 0 Å². The molecule has 2 aromatic carbocycles. The predicted octanol–water partition coefficient (Wildman–Crippen LogP) is 3.95. The zero-order chi connectivity index (χ0) is 18.0. The van der Waals surface area contributed by atoms with Crippen molar-refractivity contribution in [2.24, 2.45) is 0 Å². The van der Waals surface area contributed by atoms with Crippen molar-refractivity contribution in [1.29, 1.82) is 0 Å². The fourth-order valence-corrected chi connectivity index (χ4v) is 3.29. The van der Waals surface area contributed by atoms with E-state index in [0.717, 1.165) is 20.9 Å². The minimum atomic E-state index is -0.564. The molecule has 25 heavy (non-hydrogen) atoms. The summed E-state index contributed by atoms with van der Waals surface area (Å²) < 4.78 is 1.04. The first kappa shape index (κ1) is 16.8. The third kappa shape index (κ3) is 3.74. The van der Waals surface area contributed by atoms with E-state index in [1.807, 2.05) is 25.1 Å². The molecule has 0 bridgehead atoms. The summed E-state index contributed by atoms with van der Waals surface area (Å²) in [6, 6.07) is 11.2. The van der Waals surface area contributed by atoms with Crippen molar-refractivity contribution < 1.29 is 9.72 Å². The summed E-state index contributed by atoms with van der Waals surface area (Å²) in [5, 5.41) is 17.7. The number of rotatable bonds is 5. The standard InChI is InChI=1S/C17H16N4O3S/c1-10(17(22)20-13-5-3-4-6-15(13)21(23)24)18-12-7-8-14-16(9-12)25-11(2)19-14/h3-10,18H,1-2H3,(H,20,22). The highest BCUT2D eigenvalue weighted by molar-refractivity contribution is 7.18. The molecule has 3 aromatic rings. The maximum absolute atomic E-state index is 12.4. The van der Waals surface area contributed by atoms with Gasteiger partial charge in [-0.05, 0) is 38.1 Å². The van der Waals surface area contributed by atoms with Crippen molar-refractivity contribution in [2.75, 3.05) is 10.6 Å². The lowest BCUT2D eigenvalue weighted by atomic mass is 10.2. The largest absolute Gasteiger partial charge is 0.374 e. The van der Waals surface area contributed by atoms with Gasteiger partial charge in [0.05, 0.1) is 20.1 Å². The molecule has 2 N–H and O–H groups in total. The number of anilines is 2. The lowest BCUT2D eigenvalue weighted by molar-refractivity contribution is -0.383. The van der Waals surface area contributed by atoms with Crippen LogP contribution in [0.1, 0.15) is 11.9 Å². The number of hydrogen-bond donors (Lipinski definition) is 2. The molecule has 0 spiro atoms. The van der Waals surface area contributed by atoms with Crippen LogP contribution in [0, 0.1) is 17.0 Å². The van der Waals surface area contributed by atoms with Crippen LogP contribution in [0.25, 0.3) is 10.2 Å². The van der Waals surface area contributed by atoms with Crippen LogP contribution < -0.4 is 10.6 Å². The quantitative estimate of drug-likeness (QED) is 0.533. The van der Waals surface area contributed by atoms with Crippen LogP contribution >= 0.6 is 11.3 Å². The van der Waals surface area contributed by atoms with E-state index in [4.69, 9.17) is 0 Å². The van der Waals surface area contributed by atoms with Gasteiger partial charge in [0.1, 0.15) is 11.7 Å². The van der Waals surface area contributed by atoms with Crippen LogP contribution in [0.5, 0.6) is 0 Å². The number of nitrogens with zero attached hydrogens (tertiary/aromatic N) is 2. The Kier molecular flexibility index (Phi) is 4.62. The average molecular weight is 356 g/mol. The molecular weight excluding hydrogens is 340 g/mol. The van der Waals surface area contributed by atoms with Gasteiger partial charge in [-0.15, -0.1) is 11.3 Å². The van der Waals surface area contributed by atoms with Crippen molar-refractivity contribution >= 4 is 44.5 Å². The molecule has 128 valence electrons. The van der Waals surface area contributed by atoms with Crippen LogP contribution in [0.2, 0.25) is 0 Å². The van der Waals surface area contributed by atoms with E-state index in [-0.39, 0.29) is 17.3 Å². The van der Waals surface area contributed by atoms with Crippen LogP contribution in [-0.4, -0.2) is 21.9 Å². The minimum absolute atomic E-state index is 0.135. The molecule has 0 radical (unpaired) electrons. The normalized spacial score (nSPS) is 11.9. The summed E-state index contributed by atoms with van der Waals surface area (Å²) in [5.41, 5.74) is 1.76. The summed E-state index contributed by atoms with van der Waals surface area (Å²) in [4.78, 5) is 27.3. The Labute approximate surface area is 147 Å². The highest BCUT2D eigenvalue weighted by Crippen LogP contribution is 2.26. The first-order valence-electron chi connectivity index (χ1n) is 7.62. The molecule has 0 aliphatic rings. The summed E-state index contributed by atoms with van der Waals surface area (Å²) >= 11 is 1.58.